The second-order valence-electron chi connectivity index (χ2n) is 7.63. The normalized spacial score (nSPS) is 11.3. The van der Waals surface area contributed by atoms with Crippen molar-refractivity contribution in [2.45, 2.75) is 13.8 Å². The molecule has 1 aromatic heterocycles. The van der Waals surface area contributed by atoms with Crippen LogP contribution in [0.15, 0.2) is 108 Å². The molecule has 30 heavy (non-hydrogen) atoms. The van der Waals surface area contributed by atoms with E-state index in [0.717, 1.165) is 5.58 Å². The fraction of sp³-hybridized carbons (Fsp3) is 0.0714. The van der Waals surface area contributed by atoms with Gasteiger partial charge in [-0.1, -0.05) is 91.0 Å². The van der Waals surface area contributed by atoms with E-state index in [1.165, 1.54) is 43.6 Å². The van der Waals surface area contributed by atoms with E-state index in [0.29, 0.717) is 0 Å². The van der Waals surface area contributed by atoms with E-state index < -0.39 is 7.92 Å². The molecular formula is C28H23OP. The number of aryl methyl sites for hydroxylation is 2. The summed E-state index contributed by atoms with van der Waals surface area (Å²) in [6.07, 6.45) is 1.93. The van der Waals surface area contributed by atoms with Crippen molar-refractivity contribution in [3.8, 4) is 11.1 Å². The van der Waals surface area contributed by atoms with E-state index in [1.54, 1.807) is 0 Å². The van der Waals surface area contributed by atoms with Gasteiger partial charge in [0.05, 0.1) is 6.26 Å². The van der Waals surface area contributed by atoms with Crippen LogP contribution in [0.1, 0.15) is 11.1 Å². The van der Waals surface area contributed by atoms with Crippen LogP contribution in [0, 0.1) is 13.8 Å². The van der Waals surface area contributed by atoms with Gasteiger partial charge < -0.3 is 4.42 Å². The maximum Gasteiger partial charge on any atom is 0.135 e. The molecule has 0 fully saturated rings. The minimum Gasteiger partial charge on any atom is -0.464 e. The average Bonchev–Trinajstić information content (AvgIpc) is 3.20. The van der Waals surface area contributed by atoms with Crippen LogP contribution in [0.4, 0.5) is 0 Å². The molecule has 0 N–H and O–H groups in total. The summed E-state index contributed by atoms with van der Waals surface area (Å²) < 4.78 is 6.02. The summed E-state index contributed by atoms with van der Waals surface area (Å²) in [4.78, 5) is 0. The molecule has 0 aliphatic heterocycles. The van der Waals surface area contributed by atoms with Crippen LogP contribution >= 0.6 is 7.92 Å². The molecule has 146 valence electrons. The quantitative estimate of drug-likeness (QED) is 0.312. The van der Waals surface area contributed by atoms with Crippen molar-refractivity contribution in [3.63, 3.8) is 0 Å². The Balaban J connectivity index is 1.77. The van der Waals surface area contributed by atoms with Gasteiger partial charge in [-0.05, 0) is 60.4 Å². The maximum atomic E-state index is 6.02. The molecule has 0 aliphatic carbocycles. The zero-order valence-electron chi connectivity index (χ0n) is 17.2. The van der Waals surface area contributed by atoms with Crippen LogP contribution in [0.2, 0.25) is 0 Å². The summed E-state index contributed by atoms with van der Waals surface area (Å²) in [6, 6.07) is 34.9. The van der Waals surface area contributed by atoms with Gasteiger partial charge in [-0.3, -0.25) is 0 Å². The fourth-order valence-electron chi connectivity index (χ4n) is 4.22. The zero-order valence-corrected chi connectivity index (χ0v) is 18.1. The lowest BCUT2D eigenvalue weighted by atomic mass is 10.00. The molecule has 0 spiro atoms. The van der Waals surface area contributed by atoms with E-state index in [4.69, 9.17) is 4.42 Å². The third kappa shape index (κ3) is 3.36. The summed E-state index contributed by atoms with van der Waals surface area (Å²) in [5.74, 6) is 0. The third-order valence-electron chi connectivity index (χ3n) is 5.48. The summed E-state index contributed by atoms with van der Waals surface area (Å²) >= 11 is 0. The summed E-state index contributed by atoms with van der Waals surface area (Å²) in [7, 11) is -0.684. The van der Waals surface area contributed by atoms with E-state index >= 15 is 0 Å². The Morgan fingerprint density at radius 1 is 0.633 bits per heavy atom. The van der Waals surface area contributed by atoms with Crippen LogP contribution in [-0.4, -0.2) is 0 Å². The molecule has 1 heterocycles. The van der Waals surface area contributed by atoms with Gasteiger partial charge in [-0.2, -0.15) is 0 Å². The maximum absolute atomic E-state index is 6.02. The van der Waals surface area contributed by atoms with Crippen molar-refractivity contribution >= 4 is 34.8 Å². The van der Waals surface area contributed by atoms with Crippen LogP contribution < -0.4 is 15.9 Å². The van der Waals surface area contributed by atoms with Gasteiger partial charge in [-0.25, -0.2) is 0 Å². The number of rotatable bonds is 4. The van der Waals surface area contributed by atoms with E-state index in [2.05, 4.69) is 111 Å². The average molecular weight is 406 g/mol. The minimum atomic E-state index is -0.684. The Morgan fingerprint density at radius 2 is 1.23 bits per heavy atom. The Kier molecular flexibility index (Phi) is 4.99. The molecule has 1 nitrogen and oxygen atoms in total. The number of benzene rings is 4. The van der Waals surface area contributed by atoms with Crippen molar-refractivity contribution in [2.75, 3.05) is 0 Å². The molecule has 0 unspecified atom stereocenters. The van der Waals surface area contributed by atoms with Gasteiger partial charge in [0.15, 0.2) is 0 Å². The van der Waals surface area contributed by atoms with Crippen LogP contribution in [0.3, 0.4) is 0 Å². The highest BCUT2D eigenvalue weighted by Gasteiger charge is 2.22. The highest BCUT2D eigenvalue weighted by atomic mass is 31.1. The lowest BCUT2D eigenvalue weighted by Gasteiger charge is -2.22. The summed E-state index contributed by atoms with van der Waals surface area (Å²) in [5.41, 5.74) is 5.87. The molecule has 2 heteroatoms. The molecule has 0 aliphatic rings. The minimum absolute atomic E-state index is 0.684. The SMILES string of the molecule is Cc1cc(C)c2c(-c3ccccc3P(c3ccccc3)c3ccccc3)coc2c1. The lowest BCUT2D eigenvalue weighted by Crippen LogP contribution is -2.21. The topological polar surface area (TPSA) is 13.1 Å². The smallest absolute Gasteiger partial charge is 0.135 e. The Bertz CT molecular complexity index is 1260. The van der Waals surface area contributed by atoms with Crippen LogP contribution in [-0.2, 0) is 0 Å². The van der Waals surface area contributed by atoms with E-state index in [-0.39, 0.29) is 0 Å². The first-order valence-corrected chi connectivity index (χ1v) is 11.5. The lowest BCUT2D eigenvalue weighted by molar-refractivity contribution is 0.616. The highest BCUT2D eigenvalue weighted by molar-refractivity contribution is 7.80. The van der Waals surface area contributed by atoms with Crippen molar-refractivity contribution < 1.29 is 4.42 Å². The molecule has 0 atom stereocenters. The number of hydrogen-bond acceptors (Lipinski definition) is 1. The summed E-state index contributed by atoms with van der Waals surface area (Å²) in [6.45, 7) is 4.29. The van der Waals surface area contributed by atoms with Gasteiger partial charge in [-0.15, -0.1) is 0 Å². The Hall–Kier alpha value is -3.15. The van der Waals surface area contributed by atoms with Crippen LogP contribution in [0.5, 0.6) is 0 Å². The molecule has 0 bridgehead atoms. The first-order chi connectivity index (χ1) is 14.7. The second kappa shape index (κ2) is 7.94. The van der Waals surface area contributed by atoms with Gasteiger partial charge >= 0.3 is 0 Å². The fourth-order valence-corrected chi connectivity index (χ4v) is 6.69. The molecule has 0 saturated heterocycles. The predicted octanol–water partition coefficient (Wildman–Crippen LogP) is 6.47. The molecule has 4 aromatic carbocycles. The molecule has 0 radical (unpaired) electrons. The predicted molar refractivity (Wildman–Crippen MR) is 130 cm³/mol. The van der Waals surface area contributed by atoms with E-state index in [1.807, 2.05) is 6.26 Å². The van der Waals surface area contributed by atoms with Gasteiger partial charge in [0, 0.05) is 10.9 Å². The molecule has 0 amide bonds. The van der Waals surface area contributed by atoms with Crippen molar-refractivity contribution in [1.82, 2.24) is 0 Å². The first kappa shape index (κ1) is 18.9. The third-order valence-corrected chi connectivity index (χ3v) is 7.98. The Labute approximate surface area is 178 Å². The highest BCUT2D eigenvalue weighted by Crippen LogP contribution is 2.40. The largest absolute Gasteiger partial charge is 0.464 e. The first-order valence-electron chi connectivity index (χ1n) is 10.2. The van der Waals surface area contributed by atoms with Gasteiger partial charge in [0.1, 0.15) is 5.58 Å². The molecule has 5 aromatic rings. The number of fused-ring (bicyclic) bond motifs is 1. The Morgan fingerprint density at radius 3 is 1.90 bits per heavy atom. The zero-order chi connectivity index (χ0) is 20.5. The van der Waals surface area contributed by atoms with Gasteiger partial charge in [0.25, 0.3) is 0 Å². The molecule has 5 rings (SSSR count). The van der Waals surface area contributed by atoms with Crippen molar-refractivity contribution in [3.05, 3.63) is 114 Å². The summed E-state index contributed by atoms with van der Waals surface area (Å²) in [5, 5.41) is 5.27. The van der Waals surface area contributed by atoms with Crippen LogP contribution in [0.25, 0.3) is 22.1 Å². The van der Waals surface area contributed by atoms with Gasteiger partial charge in [0.2, 0.25) is 0 Å². The number of hydrogen-bond donors (Lipinski definition) is 0. The van der Waals surface area contributed by atoms with Crippen molar-refractivity contribution in [1.29, 1.82) is 0 Å². The standard InChI is InChI=1S/C28H23OP/c1-20-17-21(2)28-25(19-29-26(28)18-20)24-15-9-10-16-27(24)30(22-11-5-3-6-12-22)23-13-7-4-8-14-23/h3-19H,1-2H3. The van der Waals surface area contributed by atoms with Crippen molar-refractivity contribution in [2.24, 2.45) is 0 Å². The number of furan rings is 1. The molecular weight excluding hydrogens is 383 g/mol. The molecule has 0 saturated carbocycles. The monoisotopic (exact) mass is 406 g/mol. The van der Waals surface area contributed by atoms with E-state index in [9.17, 15) is 0 Å². The second-order valence-corrected chi connectivity index (χ2v) is 9.81.